The number of nitriles is 1. The maximum absolute atomic E-state index is 11.4. The monoisotopic (exact) mass is 265 g/mol. The molecule has 1 aromatic heterocycles. The third kappa shape index (κ3) is 5.86. The summed E-state index contributed by atoms with van der Waals surface area (Å²) in [6, 6.07) is 2.24. The number of aromatic nitrogens is 3. The van der Waals surface area contributed by atoms with Gasteiger partial charge in [0.15, 0.2) is 0 Å². The van der Waals surface area contributed by atoms with Gasteiger partial charge in [-0.3, -0.25) is 4.79 Å². The second-order valence-corrected chi connectivity index (χ2v) is 4.97. The molecule has 0 aliphatic carbocycles. The van der Waals surface area contributed by atoms with Crippen molar-refractivity contribution >= 4 is 11.9 Å². The molecule has 0 bridgehead atoms. The number of esters is 1. The first-order chi connectivity index (χ1) is 8.93. The van der Waals surface area contributed by atoms with E-state index >= 15 is 0 Å². The molecule has 1 rings (SSSR count). The average Bonchev–Trinajstić information content (AvgIpc) is 2.74. The molecule has 0 amide bonds. The largest absolute Gasteiger partial charge is 0.464 e. The van der Waals surface area contributed by atoms with Crippen LogP contribution >= 0.6 is 0 Å². The Morgan fingerprint density at radius 2 is 2.32 bits per heavy atom. The topological polar surface area (TPSA) is 107 Å². The van der Waals surface area contributed by atoms with E-state index in [1.807, 2.05) is 13.8 Å². The van der Waals surface area contributed by atoms with Crippen molar-refractivity contribution in [3.8, 4) is 6.07 Å². The van der Waals surface area contributed by atoms with Crippen LogP contribution in [-0.4, -0.2) is 27.3 Å². The van der Waals surface area contributed by atoms with Crippen molar-refractivity contribution in [1.82, 2.24) is 14.8 Å². The van der Waals surface area contributed by atoms with Gasteiger partial charge in [-0.25, -0.2) is 9.67 Å². The Morgan fingerprint density at radius 1 is 1.58 bits per heavy atom. The Morgan fingerprint density at radius 3 is 2.89 bits per heavy atom. The molecule has 0 aliphatic rings. The summed E-state index contributed by atoms with van der Waals surface area (Å²) < 4.78 is 6.38. The van der Waals surface area contributed by atoms with Gasteiger partial charge in [-0.1, -0.05) is 0 Å². The molecule has 2 N–H and O–H groups in total. The molecule has 0 fully saturated rings. The number of hydrogen-bond donors (Lipinski definition) is 1. The number of unbranched alkanes of at least 4 members (excludes halogenated alkanes) is 1. The molecule has 1 heterocycles. The number of rotatable bonds is 7. The molecule has 0 unspecified atom stereocenters. The number of nitrogen functional groups attached to an aromatic ring is 1. The average molecular weight is 265 g/mol. The number of carbonyl (C=O) groups excluding carboxylic acids is 1. The van der Waals surface area contributed by atoms with E-state index in [4.69, 9.17) is 15.7 Å². The van der Waals surface area contributed by atoms with Gasteiger partial charge in [0, 0.05) is 0 Å². The summed E-state index contributed by atoms with van der Waals surface area (Å²) in [6.45, 7) is 4.15. The summed E-state index contributed by atoms with van der Waals surface area (Å²) in [6.07, 6.45) is 3.77. The molecule has 0 aliphatic heterocycles. The van der Waals surface area contributed by atoms with E-state index in [1.54, 1.807) is 0 Å². The number of nitrogens with two attached hydrogens (primary N) is 1. The van der Waals surface area contributed by atoms with E-state index in [2.05, 4.69) is 16.2 Å². The summed E-state index contributed by atoms with van der Waals surface area (Å²) in [5.74, 6) is -0.240. The summed E-state index contributed by atoms with van der Waals surface area (Å²) in [4.78, 5) is 15.1. The van der Waals surface area contributed by atoms with Gasteiger partial charge in [0.05, 0.1) is 18.1 Å². The minimum Gasteiger partial charge on any atom is -0.464 e. The van der Waals surface area contributed by atoms with E-state index < -0.39 is 0 Å². The number of hydrogen-bond acceptors (Lipinski definition) is 6. The van der Waals surface area contributed by atoms with E-state index in [-0.39, 0.29) is 23.9 Å². The number of carbonyl (C=O) groups is 1. The summed E-state index contributed by atoms with van der Waals surface area (Å²) >= 11 is 0. The number of ether oxygens (including phenoxy) is 1. The quantitative estimate of drug-likeness (QED) is 0.585. The van der Waals surface area contributed by atoms with Crippen LogP contribution in [0, 0.1) is 16.7 Å². The highest BCUT2D eigenvalue weighted by molar-refractivity contribution is 5.68. The Hall–Kier alpha value is -2.10. The fourth-order valence-corrected chi connectivity index (χ4v) is 1.47. The Kier molecular flexibility index (Phi) is 5.30. The Balaban J connectivity index is 2.13. The SMILES string of the molecule is CC(C)(C#N)CCCCOC(=O)Cn1cnc(N)n1. The first kappa shape index (κ1) is 15.0. The molecular weight excluding hydrogens is 246 g/mol. The van der Waals surface area contributed by atoms with E-state index in [0.717, 1.165) is 19.3 Å². The molecule has 19 heavy (non-hydrogen) atoms. The van der Waals surface area contributed by atoms with Crippen molar-refractivity contribution in [3.05, 3.63) is 6.33 Å². The Bertz CT molecular complexity index is 461. The van der Waals surface area contributed by atoms with Crippen LogP contribution in [0.15, 0.2) is 6.33 Å². The first-order valence-electron chi connectivity index (χ1n) is 6.15. The van der Waals surface area contributed by atoms with Crippen molar-refractivity contribution in [3.63, 3.8) is 0 Å². The molecule has 0 saturated carbocycles. The van der Waals surface area contributed by atoms with Crippen molar-refractivity contribution < 1.29 is 9.53 Å². The van der Waals surface area contributed by atoms with Crippen LogP contribution in [0.1, 0.15) is 33.1 Å². The van der Waals surface area contributed by atoms with Crippen molar-refractivity contribution in [2.24, 2.45) is 5.41 Å². The van der Waals surface area contributed by atoms with Crippen LogP contribution in [0.4, 0.5) is 5.95 Å². The molecule has 7 heteroatoms. The predicted molar refractivity (Wildman–Crippen MR) is 68.6 cm³/mol. The van der Waals surface area contributed by atoms with Gasteiger partial charge in [-0.2, -0.15) is 5.26 Å². The first-order valence-corrected chi connectivity index (χ1v) is 6.15. The van der Waals surface area contributed by atoms with E-state index in [9.17, 15) is 4.79 Å². The lowest BCUT2D eigenvalue weighted by Crippen LogP contribution is -2.15. The van der Waals surface area contributed by atoms with Gasteiger partial charge < -0.3 is 10.5 Å². The fourth-order valence-electron chi connectivity index (χ4n) is 1.47. The van der Waals surface area contributed by atoms with Gasteiger partial charge in [-0.05, 0) is 33.1 Å². The van der Waals surface area contributed by atoms with Crippen LogP contribution in [0.25, 0.3) is 0 Å². The lowest BCUT2D eigenvalue weighted by molar-refractivity contribution is -0.144. The minimum atomic E-state index is -0.371. The highest BCUT2D eigenvalue weighted by Gasteiger charge is 2.15. The highest BCUT2D eigenvalue weighted by atomic mass is 16.5. The standard InChI is InChI=1S/C12H19N5O2/c1-12(2,8-13)5-3-4-6-19-10(18)7-17-9-15-11(14)16-17/h9H,3-7H2,1-2H3,(H2,14,16). The van der Waals surface area contributed by atoms with Gasteiger partial charge in [-0.15, -0.1) is 5.10 Å². The summed E-state index contributed by atoms with van der Waals surface area (Å²) in [5, 5.41) is 12.6. The van der Waals surface area contributed by atoms with E-state index in [0.29, 0.717) is 6.61 Å². The lowest BCUT2D eigenvalue weighted by Gasteiger charge is -2.14. The highest BCUT2D eigenvalue weighted by Crippen LogP contribution is 2.21. The summed E-state index contributed by atoms with van der Waals surface area (Å²) in [5.41, 5.74) is 5.01. The second kappa shape index (κ2) is 6.73. The second-order valence-electron chi connectivity index (χ2n) is 4.97. The fraction of sp³-hybridized carbons (Fsp3) is 0.667. The molecule has 1 aromatic rings. The van der Waals surface area contributed by atoms with Gasteiger partial charge in [0.2, 0.25) is 5.95 Å². The molecule has 104 valence electrons. The third-order valence-corrected chi connectivity index (χ3v) is 2.61. The predicted octanol–water partition coefficient (Wildman–Crippen LogP) is 1.12. The molecule has 0 radical (unpaired) electrons. The number of nitrogens with zero attached hydrogens (tertiary/aromatic N) is 4. The van der Waals surface area contributed by atoms with Gasteiger partial charge >= 0.3 is 5.97 Å². The maximum Gasteiger partial charge on any atom is 0.327 e. The van der Waals surface area contributed by atoms with Crippen LogP contribution in [0.5, 0.6) is 0 Å². The summed E-state index contributed by atoms with van der Waals surface area (Å²) in [7, 11) is 0. The zero-order chi connectivity index (χ0) is 14.3. The lowest BCUT2D eigenvalue weighted by atomic mass is 9.89. The molecule has 0 aromatic carbocycles. The normalized spacial score (nSPS) is 11.0. The zero-order valence-electron chi connectivity index (χ0n) is 11.3. The van der Waals surface area contributed by atoms with Crippen LogP contribution in [0.3, 0.4) is 0 Å². The minimum absolute atomic E-state index is 0.00783. The molecule has 0 atom stereocenters. The van der Waals surface area contributed by atoms with Crippen molar-refractivity contribution in [2.75, 3.05) is 12.3 Å². The molecular formula is C12H19N5O2. The van der Waals surface area contributed by atoms with Crippen LogP contribution in [-0.2, 0) is 16.1 Å². The smallest absolute Gasteiger partial charge is 0.327 e. The van der Waals surface area contributed by atoms with Gasteiger partial charge in [0.25, 0.3) is 0 Å². The van der Waals surface area contributed by atoms with Crippen LogP contribution < -0.4 is 5.73 Å². The molecule has 0 saturated heterocycles. The molecule has 0 spiro atoms. The van der Waals surface area contributed by atoms with Crippen LogP contribution in [0.2, 0.25) is 0 Å². The van der Waals surface area contributed by atoms with E-state index in [1.165, 1.54) is 11.0 Å². The zero-order valence-corrected chi connectivity index (χ0v) is 11.3. The number of anilines is 1. The van der Waals surface area contributed by atoms with Gasteiger partial charge in [0.1, 0.15) is 12.9 Å². The third-order valence-electron chi connectivity index (χ3n) is 2.61. The maximum atomic E-state index is 11.4. The molecule has 7 nitrogen and oxygen atoms in total. The van der Waals surface area contributed by atoms with Crippen molar-refractivity contribution in [1.29, 1.82) is 5.26 Å². The Labute approximate surface area is 112 Å². The van der Waals surface area contributed by atoms with Crippen molar-refractivity contribution in [2.45, 2.75) is 39.7 Å².